The average Bonchev–Trinajstić information content (AvgIpc) is 3.04. The number of aliphatic hydroxyl groups is 1. The molecule has 0 radical (unpaired) electrons. The van der Waals surface area contributed by atoms with Crippen molar-refractivity contribution in [1.82, 2.24) is 24.9 Å². The first-order valence-electron chi connectivity index (χ1n) is 14.4. The zero-order valence-corrected chi connectivity index (χ0v) is 27.3. The predicted molar refractivity (Wildman–Crippen MR) is 182 cm³/mol. The van der Waals surface area contributed by atoms with Gasteiger partial charge >= 0.3 is 6.18 Å². The number of hydrogen-bond acceptors (Lipinski definition) is 11. The molecular formula is C32H32Cl2F3N9O2. The molecule has 0 aliphatic carbocycles. The molecule has 0 saturated carbocycles. The third-order valence-electron chi connectivity index (χ3n) is 6.71. The highest BCUT2D eigenvalue weighted by Gasteiger charge is 2.30. The first-order chi connectivity index (χ1) is 22.8. The standard InChI is InChI=1S/C19H17ClF3N5O.C13H15ClN4O/c1-11-13(3-2-4-14(11)20)15-9-16(28-18(24)27-15)25-7-8-29-17-6-5-12(10-26-17)19(21,22)23;1-8-9(3-2-4-10(8)14)11-7-12(16-5-6-19)18-13(15)17-11/h2-6,9-10H,7-8H2,1H3,(H3,24,25,27,28);2-4,7,19H,5-6H2,1H3,(H3,15,16,17,18). The number of rotatable bonds is 10. The Morgan fingerprint density at radius 3 is 1.75 bits per heavy atom. The van der Waals surface area contributed by atoms with Crippen LogP contribution in [0.2, 0.25) is 10.0 Å². The molecule has 16 heteroatoms. The Balaban J connectivity index is 0.000000237. The number of aromatic nitrogens is 5. The molecule has 0 spiro atoms. The van der Waals surface area contributed by atoms with Crippen molar-refractivity contribution in [2.24, 2.45) is 0 Å². The summed E-state index contributed by atoms with van der Waals surface area (Å²) in [5.41, 5.74) is 15.5. The van der Waals surface area contributed by atoms with E-state index in [1.165, 1.54) is 6.07 Å². The number of benzene rings is 2. The van der Waals surface area contributed by atoms with Crippen LogP contribution < -0.4 is 26.8 Å². The Kier molecular flexibility index (Phi) is 12.2. The Labute approximate surface area is 284 Å². The van der Waals surface area contributed by atoms with Gasteiger partial charge in [-0.05, 0) is 43.2 Å². The number of anilines is 4. The van der Waals surface area contributed by atoms with Crippen LogP contribution in [0.25, 0.3) is 22.5 Å². The summed E-state index contributed by atoms with van der Waals surface area (Å²) in [5, 5.41) is 16.1. The SMILES string of the molecule is Cc1c(Cl)cccc1-c1cc(NCCO)nc(N)n1.Cc1c(Cl)cccc1-c1cc(NCCOc2ccc(C(F)(F)F)cn2)nc(N)n1. The van der Waals surface area contributed by atoms with Gasteiger partial charge in [-0.2, -0.15) is 23.1 Å². The zero-order valence-electron chi connectivity index (χ0n) is 25.8. The Morgan fingerprint density at radius 2 is 1.29 bits per heavy atom. The van der Waals surface area contributed by atoms with Crippen LogP contribution >= 0.6 is 23.2 Å². The molecule has 11 nitrogen and oxygen atoms in total. The van der Waals surface area contributed by atoms with Crippen LogP contribution in [0.4, 0.5) is 36.7 Å². The fraction of sp³-hybridized carbons (Fsp3) is 0.219. The fourth-order valence-electron chi connectivity index (χ4n) is 4.31. The first-order valence-corrected chi connectivity index (χ1v) is 15.2. The molecule has 252 valence electrons. The molecule has 7 N–H and O–H groups in total. The summed E-state index contributed by atoms with van der Waals surface area (Å²) in [6.07, 6.45) is -3.70. The molecule has 0 amide bonds. The topological polar surface area (TPSA) is 170 Å². The number of alkyl halides is 3. The highest BCUT2D eigenvalue weighted by Crippen LogP contribution is 2.31. The van der Waals surface area contributed by atoms with Gasteiger partial charge in [0.1, 0.15) is 18.2 Å². The number of nitrogens with one attached hydrogen (secondary N) is 2. The van der Waals surface area contributed by atoms with Gasteiger partial charge in [0.05, 0.1) is 30.1 Å². The second-order valence-electron chi connectivity index (χ2n) is 10.1. The van der Waals surface area contributed by atoms with Gasteiger partial charge in [0.15, 0.2) is 0 Å². The molecule has 0 aliphatic rings. The van der Waals surface area contributed by atoms with E-state index >= 15 is 0 Å². The molecule has 5 aromatic rings. The van der Waals surface area contributed by atoms with E-state index in [0.29, 0.717) is 46.2 Å². The van der Waals surface area contributed by atoms with E-state index in [1.54, 1.807) is 18.2 Å². The van der Waals surface area contributed by atoms with E-state index < -0.39 is 11.7 Å². The lowest BCUT2D eigenvalue weighted by Crippen LogP contribution is -2.14. The largest absolute Gasteiger partial charge is 0.476 e. The number of halogens is 5. The molecule has 5 rings (SSSR count). The first kappa shape index (κ1) is 35.9. The van der Waals surface area contributed by atoms with Crippen LogP contribution in [-0.4, -0.2) is 56.3 Å². The molecular weight excluding hydrogens is 670 g/mol. The number of nitrogen functional groups attached to an aromatic ring is 2. The maximum Gasteiger partial charge on any atom is 0.417 e. The lowest BCUT2D eigenvalue weighted by molar-refractivity contribution is -0.137. The number of hydrogen-bond donors (Lipinski definition) is 5. The van der Waals surface area contributed by atoms with Crippen molar-refractivity contribution in [3.63, 3.8) is 0 Å². The monoisotopic (exact) mass is 701 g/mol. The number of pyridine rings is 1. The van der Waals surface area contributed by atoms with Crippen molar-refractivity contribution in [3.05, 3.63) is 93.6 Å². The van der Waals surface area contributed by atoms with Crippen LogP contribution in [-0.2, 0) is 6.18 Å². The maximum atomic E-state index is 12.5. The Bertz CT molecular complexity index is 1850. The van der Waals surface area contributed by atoms with E-state index in [4.69, 9.17) is 44.5 Å². The number of aliphatic hydroxyl groups excluding tert-OH is 1. The summed E-state index contributed by atoms with van der Waals surface area (Å²) < 4.78 is 42.9. The third-order valence-corrected chi connectivity index (χ3v) is 7.53. The van der Waals surface area contributed by atoms with Crippen molar-refractivity contribution in [2.45, 2.75) is 20.0 Å². The van der Waals surface area contributed by atoms with E-state index in [-0.39, 0.29) is 31.0 Å². The summed E-state index contributed by atoms with van der Waals surface area (Å²) in [4.78, 5) is 20.3. The molecule has 0 saturated heterocycles. The van der Waals surface area contributed by atoms with Gasteiger partial charge in [-0.3, -0.25) is 0 Å². The van der Waals surface area contributed by atoms with E-state index in [9.17, 15) is 13.2 Å². The van der Waals surface area contributed by atoms with E-state index in [2.05, 4.69) is 35.6 Å². The minimum absolute atomic E-state index is 0.0232. The second kappa shape index (κ2) is 16.3. The number of ether oxygens (including phenoxy) is 1. The van der Waals surface area contributed by atoms with E-state index in [0.717, 1.165) is 34.5 Å². The van der Waals surface area contributed by atoms with Gasteiger partial charge < -0.3 is 31.9 Å². The van der Waals surface area contributed by atoms with Crippen molar-refractivity contribution in [1.29, 1.82) is 0 Å². The zero-order chi connectivity index (χ0) is 34.8. The minimum Gasteiger partial charge on any atom is -0.476 e. The average molecular weight is 703 g/mol. The van der Waals surface area contributed by atoms with Gasteiger partial charge in [-0.1, -0.05) is 47.5 Å². The van der Waals surface area contributed by atoms with E-state index in [1.807, 2.05) is 44.2 Å². The molecule has 3 aromatic heterocycles. The molecule has 2 aromatic carbocycles. The van der Waals surface area contributed by atoms with Gasteiger partial charge in [0.2, 0.25) is 17.8 Å². The fourth-order valence-corrected chi connectivity index (χ4v) is 4.66. The smallest absolute Gasteiger partial charge is 0.417 e. The van der Waals surface area contributed by atoms with Crippen molar-refractivity contribution >= 4 is 46.7 Å². The second-order valence-corrected chi connectivity index (χ2v) is 10.9. The summed E-state index contributed by atoms with van der Waals surface area (Å²) >= 11 is 12.3. The number of nitrogens with zero attached hydrogens (tertiary/aromatic N) is 5. The molecule has 0 unspecified atom stereocenters. The van der Waals surface area contributed by atoms with Gasteiger partial charge in [0.25, 0.3) is 0 Å². The Morgan fingerprint density at radius 1 is 0.771 bits per heavy atom. The number of nitrogens with two attached hydrogens (primary N) is 2. The molecule has 48 heavy (non-hydrogen) atoms. The lowest BCUT2D eigenvalue weighted by Gasteiger charge is -2.11. The molecule has 0 aliphatic heterocycles. The summed E-state index contributed by atoms with van der Waals surface area (Å²) in [5.74, 6) is 1.43. The highest BCUT2D eigenvalue weighted by molar-refractivity contribution is 6.32. The summed E-state index contributed by atoms with van der Waals surface area (Å²) in [6.45, 7) is 4.73. The van der Waals surface area contributed by atoms with Crippen LogP contribution in [0.15, 0.2) is 66.9 Å². The summed E-state index contributed by atoms with van der Waals surface area (Å²) in [7, 11) is 0. The lowest BCUT2D eigenvalue weighted by atomic mass is 10.1. The van der Waals surface area contributed by atoms with Gasteiger partial charge in [-0.15, -0.1) is 0 Å². The molecule has 0 bridgehead atoms. The summed E-state index contributed by atoms with van der Waals surface area (Å²) in [6, 6.07) is 16.7. The van der Waals surface area contributed by atoms with Crippen molar-refractivity contribution < 1.29 is 23.0 Å². The molecule has 0 atom stereocenters. The van der Waals surface area contributed by atoms with Crippen LogP contribution in [0, 0.1) is 13.8 Å². The third kappa shape index (κ3) is 9.80. The molecule has 0 fully saturated rings. The Hall–Kier alpha value is -4.92. The van der Waals surface area contributed by atoms with Crippen LogP contribution in [0.3, 0.4) is 0 Å². The quantitative estimate of drug-likeness (QED) is 0.0984. The maximum absolute atomic E-state index is 12.5. The normalized spacial score (nSPS) is 11.0. The van der Waals surface area contributed by atoms with Gasteiger partial charge in [0, 0.05) is 52.1 Å². The van der Waals surface area contributed by atoms with Crippen molar-refractivity contribution in [2.75, 3.05) is 48.4 Å². The highest BCUT2D eigenvalue weighted by atomic mass is 35.5. The van der Waals surface area contributed by atoms with Crippen molar-refractivity contribution in [3.8, 4) is 28.4 Å². The molecule has 3 heterocycles. The van der Waals surface area contributed by atoms with Crippen LogP contribution in [0.1, 0.15) is 16.7 Å². The van der Waals surface area contributed by atoms with Gasteiger partial charge in [-0.25, -0.2) is 15.0 Å². The minimum atomic E-state index is -4.43. The van der Waals surface area contributed by atoms with Crippen LogP contribution in [0.5, 0.6) is 5.88 Å². The predicted octanol–water partition coefficient (Wildman–Crippen LogP) is 6.68.